The second-order valence-electron chi connectivity index (χ2n) is 5.96. The largest absolute Gasteiger partial charge is 0.481 e. The highest BCUT2D eigenvalue weighted by Gasteiger charge is 2.35. The van der Waals surface area contributed by atoms with E-state index in [0.29, 0.717) is 35.4 Å². The van der Waals surface area contributed by atoms with Gasteiger partial charge < -0.3 is 19.9 Å². The zero-order valence-electron chi connectivity index (χ0n) is 14.5. The van der Waals surface area contributed by atoms with E-state index in [2.05, 4.69) is 15.3 Å². The Bertz CT molecular complexity index is 828. The van der Waals surface area contributed by atoms with Gasteiger partial charge >= 0.3 is 6.09 Å². The number of ether oxygens (including phenoxy) is 2. The maximum Gasteiger partial charge on any atom is 0.409 e. The number of piperidine rings is 1. The van der Waals surface area contributed by atoms with Gasteiger partial charge in [0.15, 0.2) is 0 Å². The number of hydrogen-bond donors (Lipinski definition) is 2. The van der Waals surface area contributed by atoms with Crippen LogP contribution < -0.4 is 10.1 Å². The standard InChI is InChI=1S/C17H20N4O5/c1-25-13-4-3-11-15(20-13)12(5-7-18-11)19-16(22)10-6-8-21(17(23)24)14(9-10)26-2/h3-5,7,10,14H,6,8-9H2,1-2H3,(H,23,24)(H,18,19,22)/t10?,14-/m1/s1. The van der Waals surface area contributed by atoms with Gasteiger partial charge in [-0.3, -0.25) is 14.7 Å². The molecule has 2 N–H and O–H groups in total. The summed E-state index contributed by atoms with van der Waals surface area (Å²) in [5.41, 5.74) is 1.71. The van der Waals surface area contributed by atoms with Crippen molar-refractivity contribution in [2.24, 2.45) is 5.92 Å². The maximum absolute atomic E-state index is 12.7. The summed E-state index contributed by atoms with van der Waals surface area (Å²) in [7, 11) is 2.96. The number of carboxylic acid groups (broad SMARTS) is 1. The van der Waals surface area contributed by atoms with Gasteiger partial charge in [-0.15, -0.1) is 0 Å². The van der Waals surface area contributed by atoms with E-state index in [9.17, 15) is 14.7 Å². The Hall–Kier alpha value is -2.94. The Labute approximate surface area is 149 Å². The SMILES string of the molecule is COc1ccc2nccc(NC(=O)C3CCN(C(=O)O)[C@H](OC)C3)c2n1. The van der Waals surface area contributed by atoms with Gasteiger partial charge in [0.25, 0.3) is 0 Å². The molecule has 1 unspecified atom stereocenters. The predicted molar refractivity (Wildman–Crippen MR) is 93.0 cm³/mol. The molecule has 2 aromatic heterocycles. The quantitative estimate of drug-likeness (QED) is 0.856. The molecule has 0 aliphatic carbocycles. The molecule has 9 nitrogen and oxygen atoms in total. The van der Waals surface area contributed by atoms with Crippen LogP contribution in [0.25, 0.3) is 11.0 Å². The van der Waals surface area contributed by atoms with E-state index in [0.717, 1.165) is 0 Å². The Balaban J connectivity index is 1.78. The summed E-state index contributed by atoms with van der Waals surface area (Å²) in [5.74, 6) is -0.131. The zero-order chi connectivity index (χ0) is 18.7. The van der Waals surface area contributed by atoms with Crippen molar-refractivity contribution in [3.8, 4) is 5.88 Å². The van der Waals surface area contributed by atoms with E-state index in [1.165, 1.54) is 19.1 Å². The molecule has 2 aromatic rings. The molecule has 138 valence electrons. The summed E-state index contributed by atoms with van der Waals surface area (Å²) in [6, 6.07) is 5.14. The number of nitrogens with one attached hydrogen (secondary N) is 1. The molecular formula is C17H20N4O5. The van der Waals surface area contributed by atoms with Crippen LogP contribution in [0.1, 0.15) is 12.8 Å². The molecule has 0 bridgehead atoms. The first kappa shape index (κ1) is 17.9. The average molecular weight is 360 g/mol. The second kappa shape index (κ2) is 7.52. The monoisotopic (exact) mass is 360 g/mol. The fourth-order valence-electron chi connectivity index (χ4n) is 3.06. The molecule has 0 spiro atoms. The molecule has 26 heavy (non-hydrogen) atoms. The normalized spacial score (nSPS) is 20.0. The van der Waals surface area contributed by atoms with Crippen molar-refractivity contribution in [2.45, 2.75) is 19.1 Å². The van der Waals surface area contributed by atoms with Gasteiger partial charge in [-0.05, 0) is 18.6 Å². The Kier molecular flexibility index (Phi) is 5.17. The van der Waals surface area contributed by atoms with Gasteiger partial charge in [-0.2, -0.15) is 0 Å². The lowest BCUT2D eigenvalue weighted by Gasteiger charge is -2.36. The number of amides is 2. The van der Waals surface area contributed by atoms with Crippen LogP contribution in [0.4, 0.5) is 10.5 Å². The Morgan fingerprint density at radius 1 is 1.31 bits per heavy atom. The fourth-order valence-corrected chi connectivity index (χ4v) is 3.06. The van der Waals surface area contributed by atoms with Crippen LogP contribution in [-0.2, 0) is 9.53 Å². The van der Waals surface area contributed by atoms with Crippen LogP contribution in [0.5, 0.6) is 5.88 Å². The van der Waals surface area contributed by atoms with Gasteiger partial charge in [0.1, 0.15) is 11.7 Å². The van der Waals surface area contributed by atoms with Crippen LogP contribution in [0, 0.1) is 5.92 Å². The molecule has 1 saturated heterocycles. The van der Waals surface area contributed by atoms with Gasteiger partial charge in [-0.25, -0.2) is 9.78 Å². The Morgan fingerprint density at radius 3 is 2.81 bits per heavy atom. The van der Waals surface area contributed by atoms with Crippen molar-refractivity contribution in [3.63, 3.8) is 0 Å². The number of fused-ring (bicyclic) bond motifs is 1. The minimum absolute atomic E-state index is 0.200. The average Bonchev–Trinajstić information content (AvgIpc) is 2.67. The molecule has 9 heteroatoms. The topological polar surface area (TPSA) is 114 Å². The van der Waals surface area contributed by atoms with Crippen molar-refractivity contribution in [2.75, 3.05) is 26.1 Å². The highest BCUT2D eigenvalue weighted by Crippen LogP contribution is 2.27. The molecule has 0 radical (unpaired) electrons. The van der Waals surface area contributed by atoms with Gasteiger partial charge in [-0.1, -0.05) is 0 Å². The zero-order valence-corrected chi connectivity index (χ0v) is 14.5. The number of aromatic nitrogens is 2. The third-order valence-corrected chi connectivity index (χ3v) is 4.47. The summed E-state index contributed by atoms with van der Waals surface area (Å²) in [6.07, 6.45) is 0.639. The number of hydrogen-bond acceptors (Lipinski definition) is 6. The first-order valence-corrected chi connectivity index (χ1v) is 8.16. The van der Waals surface area contributed by atoms with E-state index in [4.69, 9.17) is 9.47 Å². The van der Waals surface area contributed by atoms with Gasteiger partial charge in [0.2, 0.25) is 11.8 Å². The van der Waals surface area contributed by atoms with Crippen molar-refractivity contribution in [3.05, 3.63) is 24.4 Å². The van der Waals surface area contributed by atoms with E-state index >= 15 is 0 Å². The third kappa shape index (κ3) is 3.52. The highest BCUT2D eigenvalue weighted by molar-refractivity contribution is 6.00. The summed E-state index contributed by atoms with van der Waals surface area (Å²) >= 11 is 0. The van der Waals surface area contributed by atoms with E-state index in [-0.39, 0.29) is 18.4 Å². The van der Waals surface area contributed by atoms with E-state index < -0.39 is 12.3 Å². The molecule has 1 aliphatic heterocycles. The second-order valence-corrected chi connectivity index (χ2v) is 5.96. The highest BCUT2D eigenvalue weighted by atomic mass is 16.5. The molecule has 1 aliphatic rings. The molecule has 1 fully saturated rings. The molecule has 3 rings (SSSR count). The molecule has 0 aromatic carbocycles. The fraction of sp³-hybridized carbons (Fsp3) is 0.412. The van der Waals surface area contributed by atoms with Crippen LogP contribution >= 0.6 is 0 Å². The molecule has 2 amide bonds. The minimum Gasteiger partial charge on any atom is -0.481 e. The maximum atomic E-state index is 12.7. The summed E-state index contributed by atoms with van der Waals surface area (Å²) in [6.45, 7) is 0.245. The number of anilines is 1. The van der Waals surface area contributed by atoms with Crippen molar-refractivity contribution >= 4 is 28.7 Å². The molecule has 3 heterocycles. The lowest BCUT2D eigenvalue weighted by atomic mass is 9.94. The summed E-state index contributed by atoms with van der Waals surface area (Å²) < 4.78 is 10.4. The van der Waals surface area contributed by atoms with Gasteiger partial charge in [0, 0.05) is 38.3 Å². The lowest BCUT2D eigenvalue weighted by Crippen LogP contribution is -2.48. The molecule has 0 saturated carbocycles. The van der Waals surface area contributed by atoms with Crippen LogP contribution in [-0.4, -0.2) is 59.0 Å². The minimum atomic E-state index is -1.05. The number of likely N-dealkylation sites (tertiary alicyclic amines) is 1. The lowest BCUT2D eigenvalue weighted by molar-refractivity contribution is -0.126. The summed E-state index contributed by atoms with van der Waals surface area (Å²) in [5, 5.41) is 12.1. The van der Waals surface area contributed by atoms with Crippen LogP contribution in [0.15, 0.2) is 24.4 Å². The summed E-state index contributed by atoms with van der Waals surface area (Å²) in [4.78, 5) is 33.7. The van der Waals surface area contributed by atoms with Gasteiger partial charge in [0.05, 0.1) is 18.3 Å². The van der Waals surface area contributed by atoms with Crippen LogP contribution in [0.2, 0.25) is 0 Å². The number of carbonyl (C=O) groups excluding carboxylic acids is 1. The number of carbonyl (C=O) groups is 2. The number of rotatable bonds is 4. The van der Waals surface area contributed by atoms with Crippen LogP contribution in [0.3, 0.4) is 0 Å². The molecular weight excluding hydrogens is 340 g/mol. The predicted octanol–water partition coefficient (Wildman–Crippen LogP) is 1.94. The number of methoxy groups -OCH3 is 2. The smallest absolute Gasteiger partial charge is 0.409 e. The number of pyridine rings is 2. The number of nitrogens with zero attached hydrogens (tertiary/aromatic N) is 3. The van der Waals surface area contributed by atoms with E-state index in [1.54, 1.807) is 24.4 Å². The molecule has 2 atom stereocenters. The Morgan fingerprint density at radius 2 is 2.12 bits per heavy atom. The van der Waals surface area contributed by atoms with Crippen molar-refractivity contribution < 1.29 is 24.2 Å². The third-order valence-electron chi connectivity index (χ3n) is 4.47. The first-order valence-electron chi connectivity index (χ1n) is 8.16. The first-order chi connectivity index (χ1) is 12.5. The van der Waals surface area contributed by atoms with Crippen molar-refractivity contribution in [1.29, 1.82) is 0 Å². The van der Waals surface area contributed by atoms with E-state index in [1.807, 2.05) is 0 Å². The van der Waals surface area contributed by atoms with Crippen molar-refractivity contribution in [1.82, 2.24) is 14.9 Å².